The first-order chi connectivity index (χ1) is 13.7. The molecule has 0 aromatic heterocycles. The Morgan fingerprint density at radius 1 is 0.643 bits per heavy atom. The van der Waals surface area contributed by atoms with Gasteiger partial charge in [-0.3, -0.25) is 9.59 Å². The maximum atomic E-state index is 12.0. The highest BCUT2D eigenvalue weighted by Crippen LogP contribution is 2.25. The second kappa shape index (κ2) is 16.9. The summed E-state index contributed by atoms with van der Waals surface area (Å²) in [6.07, 6.45) is 18.4. The second-order valence-electron chi connectivity index (χ2n) is 8.43. The molecule has 2 unspecified atom stereocenters. The zero-order valence-electron chi connectivity index (χ0n) is 18.5. The average molecular weight is 397 g/mol. The molecule has 0 radical (unpaired) electrons. The maximum absolute atomic E-state index is 12.0. The molecule has 0 aromatic rings. The van der Waals surface area contributed by atoms with Gasteiger partial charge in [-0.25, -0.2) is 0 Å². The van der Waals surface area contributed by atoms with Gasteiger partial charge in [-0.2, -0.15) is 0 Å². The third-order valence-electron chi connectivity index (χ3n) is 5.64. The Balaban J connectivity index is 2.11. The van der Waals surface area contributed by atoms with Crippen LogP contribution < -0.4 is 0 Å². The Morgan fingerprint density at radius 2 is 1.04 bits per heavy atom. The fourth-order valence-electron chi connectivity index (χ4n) is 3.91. The summed E-state index contributed by atoms with van der Waals surface area (Å²) in [6.45, 7) is 4.42. The van der Waals surface area contributed by atoms with E-state index in [1.165, 1.54) is 51.4 Å². The molecule has 28 heavy (non-hydrogen) atoms. The molecule has 0 heterocycles. The van der Waals surface area contributed by atoms with Crippen LogP contribution in [0.5, 0.6) is 0 Å². The zero-order chi connectivity index (χ0) is 20.5. The van der Waals surface area contributed by atoms with Gasteiger partial charge < -0.3 is 9.47 Å². The lowest BCUT2D eigenvalue weighted by atomic mass is 9.94. The first-order valence-electron chi connectivity index (χ1n) is 12.0. The van der Waals surface area contributed by atoms with E-state index in [-0.39, 0.29) is 24.1 Å². The molecule has 164 valence electrons. The summed E-state index contributed by atoms with van der Waals surface area (Å²) < 4.78 is 11.3. The minimum absolute atomic E-state index is 0.0758. The Bertz CT molecular complexity index is 371. The summed E-state index contributed by atoms with van der Waals surface area (Å²) in [6, 6.07) is 0. The molecule has 2 atom stereocenters. The first-order valence-corrected chi connectivity index (χ1v) is 12.0. The zero-order valence-corrected chi connectivity index (χ0v) is 18.5. The number of rotatable bonds is 16. The number of esters is 2. The highest BCUT2D eigenvalue weighted by atomic mass is 16.6. The SMILES string of the molecule is CCCCCCCCC(=O)OC1CCCC(OC(=O)CCCCCCCC)C1. The van der Waals surface area contributed by atoms with Crippen LogP contribution in [-0.2, 0) is 19.1 Å². The van der Waals surface area contributed by atoms with Crippen LogP contribution >= 0.6 is 0 Å². The molecule has 0 aliphatic heterocycles. The van der Waals surface area contributed by atoms with Gasteiger partial charge in [0.25, 0.3) is 0 Å². The summed E-state index contributed by atoms with van der Waals surface area (Å²) in [7, 11) is 0. The monoisotopic (exact) mass is 396 g/mol. The quantitative estimate of drug-likeness (QED) is 0.211. The van der Waals surface area contributed by atoms with Crippen molar-refractivity contribution in [3.8, 4) is 0 Å². The minimum Gasteiger partial charge on any atom is -0.462 e. The molecule has 0 aromatic carbocycles. The van der Waals surface area contributed by atoms with Crippen molar-refractivity contribution in [2.24, 2.45) is 0 Å². The molecule has 1 rings (SSSR count). The Morgan fingerprint density at radius 3 is 1.46 bits per heavy atom. The molecule has 4 heteroatoms. The number of carbonyl (C=O) groups is 2. The van der Waals surface area contributed by atoms with Crippen LogP contribution in [-0.4, -0.2) is 24.1 Å². The molecule has 0 bridgehead atoms. The fourth-order valence-corrected chi connectivity index (χ4v) is 3.91. The van der Waals surface area contributed by atoms with E-state index >= 15 is 0 Å². The maximum Gasteiger partial charge on any atom is 0.306 e. The highest BCUT2D eigenvalue weighted by molar-refractivity contribution is 5.70. The van der Waals surface area contributed by atoms with E-state index in [1.54, 1.807) is 0 Å². The van der Waals surface area contributed by atoms with Crippen LogP contribution in [0.15, 0.2) is 0 Å². The van der Waals surface area contributed by atoms with Gasteiger partial charge in [0.05, 0.1) is 0 Å². The van der Waals surface area contributed by atoms with Gasteiger partial charge in [0.2, 0.25) is 0 Å². The van der Waals surface area contributed by atoms with Crippen molar-refractivity contribution >= 4 is 11.9 Å². The lowest BCUT2D eigenvalue weighted by molar-refractivity contribution is -0.158. The molecular formula is C24H44O4. The standard InChI is InChI=1S/C24H44O4/c1-3-5-7-9-11-13-18-23(25)27-21-16-15-17-22(20-21)28-24(26)19-14-12-10-8-6-4-2/h21-22H,3-20H2,1-2H3. The minimum atomic E-state index is -0.0838. The van der Waals surface area contributed by atoms with Crippen LogP contribution in [0.1, 0.15) is 129 Å². The van der Waals surface area contributed by atoms with Crippen molar-refractivity contribution in [3.63, 3.8) is 0 Å². The van der Waals surface area contributed by atoms with Crippen molar-refractivity contribution in [1.29, 1.82) is 0 Å². The number of carbonyl (C=O) groups excluding carboxylic acids is 2. The molecule has 4 nitrogen and oxygen atoms in total. The number of ether oxygens (including phenoxy) is 2. The lowest BCUT2D eigenvalue weighted by Gasteiger charge is -2.28. The largest absolute Gasteiger partial charge is 0.462 e. The Kier molecular flexibility index (Phi) is 15.0. The molecule has 1 aliphatic rings. The van der Waals surface area contributed by atoms with Crippen molar-refractivity contribution in [2.45, 2.75) is 142 Å². The molecule has 0 N–H and O–H groups in total. The van der Waals surface area contributed by atoms with Crippen LogP contribution in [0.4, 0.5) is 0 Å². The molecular weight excluding hydrogens is 352 g/mol. The van der Waals surface area contributed by atoms with Gasteiger partial charge in [0.1, 0.15) is 12.2 Å². The van der Waals surface area contributed by atoms with Crippen LogP contribution in [0.3, 0.4) is 0 Å². The fraction of sp³-hybridized carbons (Fsp3) is 0.917. The van der Waals surface area contributed by atoms with E-state index in [0.717, 1.165) is 44.9 Å². The third-order valence-corrected chi connectivity index (χ3v) is 5.64. The topological polar surface area (TPSA) is 52.6 Å². The van der Waals surface area contributed by atoms with Gasteiger partial charge >= 0.3 is 11.9 Å². The smallest absolute Gasteiger partial charge is 0.306 e. The predicted octanol–water partition coefficient (Wildman–Crippen LogP) is 6.89. The van der Waals surface area contributed by atoms with Gasteiger partial charge in [-0.1, -0.05) is 78.1 Å². The van der Waals surface area contributed by atoms with E-state index < -0.39 is 0 Å². The van der Waals surface area contributed by atoms with Crippen LogP contribution in [0, 0.1) is 0 Å². The molecule has 1 saturated carbocycles. The second-order valence-corrected chi connectivity index (χ2v) is 8.43. The van der Waals surface area contributed by atoms with Crippen molar-refractivity contribution in [3.05, 3.63) is 0 Å². The predicted molar refractivity (Wildman–Crippen MR) is 114 cm³/mol. The van der Waals surface area contributed by atoms with Crippen molar-refractivity contribution in [1.82, 2.24) is 0 Å². The normalized spacial score (nSPS) is 19.4. The summed E-state index contributed by atoms with van der Waals surface area (Å²) >= 11 is 0. The van der Waals surface area contributed by atoms with E-state index in [9.17, 15) is 9.59 Å². The molecule has 0 saturated heterocycles. The summed E-state index contributed by atoms with van der Waals surface area (Å²) in [5.41, 5.74) is 0. The van der Waals surface area contributed by atoms with Crippen LogP contribution in [0.2, 0.25) is 0 Å². The lowest BCUT2D eigenvalue weighted by Crippen LogP contribution is -2.31. The first kappa shape index (κ1) is 25.0. The van der Waals surface area contributed by atoms with Gasteiger partial charge in [0.15, 0.2) is 0 Å². The van der Waals surface area contributed by atoms with E-state index in [1.807, 2.05) is 0 Å². The van der Waals surface area contributed by atoms with Gasteiger partial charge in [0, 0.05) is 19.3 Å². The molecule has 1 fully saturated rings. The molecule has 0 amide bonds. The Hall–Kier alpha value is -1.06. The van der Waals surface area contributed by atoms with Crippen molar-refractivity contribution in [2.75, 3.05) is 0 Å². The van der Waals surface area contributed by atoms with E-state index in [0.29, 0.717) is 19.3 Å². The number of hydrogen-bond donors (Lipinski definition) is 0. The Labute approximate surface area is 173 Å². The van der Waals surface area contributed by atoms with Crippen LogP contribution in [0.25, 0.3) is 0 Å². The molecule has 0 spiro atoms. The van der Waals surface area contributed by atoms with Crippen molar-refractivity contribution < 1.29 is 19.1 Å². The molecule has 1 aliphatic carbocycles. The van der Waals surface area contributed by atoms with E-state index in [2.05, 4.69) is 13.8 Å². The summed E-state index contributed by atoms with van der Waals surface area (Å²) in [5.74, 6) is -0.168. The van der Waals surface area contributed by atoms with Gasteiger partial charge in [-0.15, -0.1) is 0 Å². The van der Waals surface area contributed by atoms with E-state index in [4.69, 9.17) is 9.47 Å². The summed E-state index contributed by atoms with van der Waals surface area (Å²) in [5, 5.41) is 0. The summed E-state index contributed by atoms with van der Waals surface area (Å²) in [4.78, 5) is 24.1. The highest BCUT2D eigenvalue weighted by Gasteiger charge is 2.27. The third kappa shape index (κ3) is 13.2. The number of unbranched alkanes of at least 4 members (excludes halogenated alkanes) is 10. The number of hydrogen-bond acceptors (Lipinski definition) is 4. The average Bonchev–Trinajstić information content (AvgIpc) is 2.67. The van der Waals surface area contributed by atoms with Gasteiger partial charge in [-0.05, 0) is 32.1 Å².